The molecule has 1 saturated heterocycles. The first-order chi connectivity index (χ1) is 14.2. The van der Waals surface area contributed by atoms with Gasteiger partial charge in [-0.1, -0.05) is 0 Å². The van der Waals surface area contributed by atoms with Crippen LogP contribution in [0, 0.1) is 0 Å². The molecule has 2 aromatic carbocycles. The molecule has 1 aliphatic rings. The number of sulfonamides is 2. The Hall–Kier alpha value is -2.34. The van der Waals surface area contributed by atoms with E-state index < -0.39 is 20.0 Å². The minimum Gasteiger partial charge on any atom is -0.493 e. The van der Waals surface area contributed by atoms with Crippen LogP contribution in [0.25, 0.3) is 0 Å². The van der Waals surface area contributed by atoms with E-state index >= 15 is 0 Å². The molecular formula is C19H25N3O6S2. The molecule has 1 N–H and O–H groups in total. The number of likely N-dealkylation sites (N-methyl/N-ethyl adjacent to an activating group) is 1. The lowest BCUT2D eigenvalue weighted by Crippen LogP contribution is -2.46. The largest absolute Gasteiger partial charge is 0.493 e. The monoisotopic (exact) mass is 455 g/mol. The van der Waals surface area contributed by atoms with Crippen molar-refractivity contribution in [3.05, 3.63) is 42.5 Å². The van der Waals surface area contributed by atoms with Crippen LogP contribution in [0.15, 0.2) is 52.3 Å². The molecule has 0 unspecified atom stereocenters. The van der Waals surface area contributed by atoms with Gasteiger partial charge in [0, 0.05) is 37.9 Å². The van der Waals surface area contributed by atoms with Crippen LogP contribution < -0.4 is 14.2 Å². The maximum atomic E-state index is 12.8. The van der Waals surface area contributed by atoms with E-state index in [4.69, 9.17) is 9.47 Å². The fourth-order valence-electron chi connectivity index (χ4n) is 3.07. The van der Waals surface area contributed by atoms with Crippen molar-refractivity contribution in [2.24, 2.45) is 0 Å². The van der Waals surface area contributed by atoms with Gasteiger partial charge in [0.05, 0.1) is 24.0 Å². The van der Waals surface area contributed by atoms with Gasteiger partial charge in [-0.15, -0.1) is 0 Å². The zero-order chi connectivity index (χ0) is 21.9. The number of ether oxygens (including phenoxy) is 2. The zero-order valence-corrected chi connectivity index (χ0v) is 18.7. The van der Waals surface area contributed by atoms with Crippen LogP contribution in [-0.2, 0) is 20.0 Å². The van der Waals surface area contributed by atoms with Gasteiger partial charge in [-0.3, -0.25) is 4.72 Å². The van der Waals surface area contributed by atoms with Crippen LogP contribution >= 0.6 is 0 Å². The molecule has 0 spiro atoms. The van der Waals surface area contributed by atoms with Gasteiger partial charge in [-0.25, -0.2) is 16.8 Å². The smallest absolute Gasteiger partial charge is 0.262 e. The summed E-state index contributed by atoms with van der Waals surface area (Å²) in [7, 11) is -2.69. The first-order valence-corrected chi connectivity index (χ1v) is 12.1. The highest BCUT2D eigenvalue weighted by molar-refractivity contribution is 7.92. The Morgan fingerprint density at radius 1 is 0.800 bits per heavy atom. The summed E-state index contributed by atoms with van der Waals surface area (Å²) in [5.74, 6) is 0.698. The number of piperazine rings is 1. The Labute approximate surface area is 177 Å². The minimum absolute atomic E-state index is 0.00529. The van der Waals surface area contributed by atoms with E-state index in [9.17, 15) is 16.8 Å². The number of hydrogen-bond donors (Lipinski definition) is 1. The summed E-state index contributed by atoms with van der Waals surface area (Å²) < 4.78 is 65.1. The van der Waals surface area contributed by atoms with Crippen LogP contribution in [0.5, 0.6) is 11.5 Å². The number of hydrogen-bond acceptors (Lipinski definition) is 7. The Bertz CT molecular complexity index is 1090. The fraction of sp³-hybridized carbons (Fsp3) is 0.368. The average molecular weight is 456 g/mol. The summed E-state index contributed by atoms with van der Waals surface area (Å²) in [4.78, 5) is 2.19. The Balaban J connectivity index is 1.78. The summed E-state index contributed by atoms with van der Waals surface area (Å²) in [6, 6.07) is 9.92. The maximum Gasteiger partial charge on any atom is 0.262 e. The van der Waals surface area contributed by atoms with Gasteiger partial charge in [-0.2, -0.15) is 4.31 Å². The molecule has 1 heterocycles. The van der Waals surface area contributed by atoms with Crippen LogP contribution in [0.1, 0.15) is 0 Å². The molecule has 0 aromatic heterocycles. The lowest BCUT2D eigenvalue weighted by molar-refractivity contribution is 0.222. The third-order valence-electron chi connectivity index (χ3n) is 4.87. The highest BCUT2D eigenvalue weighted by atomic mass is 32.2. The zero-order valence-electron chi connectivity index (χ0n) is 17.0. The van der Waals surface area contributed by atoms with Crippen molar-refractivity contribution in [2.75, 3.05) is 52.2 Å². The number of nitrogens with zero attached hydrogens (tertiary/aromatic N) is 2. The lowest BCUT2D eigenvalue weighted by Gasteiger charge is -2.31. The van der Waals surface area contributed by atoms with Crippen molar-refractivity contribution in [1.82, 2.24) is 9.21 Å². The molecule has 0 aliphatic carbocycles. The summed E-state index contributed by atoms with van der Waals surface area (Å²) in [5, 5.41) is 0. The molecule has 3 rings (SSSR count). The lowest BCUT2D eigenvalue weighted by atomic mass is 10.3. The second-order valence-electron chi connectivity index (χ2n) is 6.85. The number of nitrogens with one attached hydrogen (secondary N) is 1. The van der Waals surface area contributed by atoms with Crippen molar-refractivity contribution in [1.29, 1.82) is 0 Å². The molecule has 1 fully saturated rings. The van der Waals surface area contributed by atoms with E-state index in [2.05, 4.69) is 9.62 Å². The molecule has 164 valence electrons. The van der Waals surface area contributed by atoms with Gasteiger partial charge >= 0.3 is 0 Å². The maximum absolute atomic E-state index is 12.8. The summed E-state index contributed by atoms with van der Waals surface area (Å²) in [6.07, 6.45) is 0. The van der Waals surface area contributed by atoms with Crippen LogP contribution in [0.2, 0.25) is 0 Å². The average Bonchev–Trinajstić information content (AvgIpc) is 2.73. The van der Waals surface area contributed by atoms with Crippen molar-refractivity contribution in [3.8, 4) is 11.5 Å². The van der Waals surface area contributed by atoms with Crippen LogP contribution in [-0.4, -0.2) is 73.5 Å². The Morgan fingerprint density at radius 3 is 1.93 bits per heavy atom. The number of methoxy groups -OCH3 is 2. The molecule has 0 atom stereocenters. The summed E-state index contributed by atoms with van der Waals surface area (Å²) >= 11 is 0. The quantitative estimate of drug-likeness (QED) is 0.673. The van der Waals surface area contributed by atoms with Crippen molar-refractivity contribution in [3.63, 3.8) is 0 Å². The van der Waals surface area contributed by atoms with Crippen molar-refractivity contribution in [2.45, 2.75) is 9.79 Å². The minimum atomic E-state index is -3.90. The molecule has 30 heavy (non-hydrogen) atoms. The SMILES string of the molecule is COc1ccc(S(=O)(=O)Nc2ccc(S(=O)(=O)N3CCN(C)CC3)cc2)cc1OC. The van der Waals surface area contributed by atoms with E-state index in [1.54, 1.807) is 0 Å². The van der Waals surface area contributed by atoms with E-state index in [-0.39, 0.29) is 21.2 Å². The topological polar surface area (TPSA) is 105 Å². The molecule has 0 radical (unpaired) electrons. The van der Waals surface area contributed by atoms with Gasteiger partial charge < -0.3 is 14.4 Å². The van der Waals surface area contributed by atoms with Crippen molar-refractivity contribution >= 4 is 25.7 Å². The van der Waals surface area contributed by atoms with Crippen molar-refractivity contribution < 1.29 is 26.3 Å². The molecule has 2 aromatic rings. The number of rotatable bonds is 7. The molecule has 11 heteroatoms. The normalized spacial score (nSPS) is 16.2. The fourth-order valence-corrected chi connectivity index (χ4v) is 5.57. The summed E-state index contributed by atoms with van der Waals surface area (Å²) in [6.45, 7) is 2.18. The highest BCUT2D eigenvalue weighted by Crippen LogP contribution is 2.30. The first-order valence-electron chi connectivity index (χ1n) is 9.21. The number of benzene rings is 2. The van der Waals surface area contributed by atoms with Crippen LogP contribution in [0.4, 0.5) is 5.69 Å². The second kappa shape index (κ2) is 8.80. The standard InChI is InChI=1S/C19H25N3O6S2/c1-21-10-12-22(13-11-21)30(25,26)16-6-4-15(5-7-16)20-29(23,24)17-8-9-18(27-2)19(14-17)28-3/h4-9,14,20H,10-13H2,1-3H3. The first kappa shape index (κ1) is 22.3. The van der Waals surface area contributed by atoms with E-state index in [1.165, 1.54) is 61.0 Å². The Morgan fingerprint density at radius 2 is 1.37 bits per heavy atom. The van der Waals surface area contributed by atoms with E-state index in [0.29, 0.717) is 31.9 Å². The molecule has 0 bridgehead atoms. The molecule has 1 aliphatic heterocycles. The highest BCUT2D eigenvalue weighted by Gasteiger charge is 2.27. The predicted octanol–water partition coefficient (Wildman–Crippen LogP) is 1.44. The van der Waals surface area contributed by atoms with E-state index in [1.807, 2.05) is 7.05 Å². The number of anilines is 1. The van der Waals surface area contributed by atoms with E-state index in [0.717, 1.165) is 0 Å². The van der Waals surface area contributed by atoms with Gasteiger partial charge in [0.1, 0.15) is 0 Å². The molecule has 0 saturated carbocycles. The second-order valence-corrected chi connectivity index (χ2v) is 10.5. The molecule has 9 nitrogen and oxygen atoms in total. The third-order valence-corrected chi connectivity index (χ3v) is 8.16. The van der Waals surface area contributed by atoms with Crippen LogP contribution in [0.3, 0.4) is 0 Å². The van der Waals surface area contributed by atoms with Gasteiger partial charge in [0.25, 0.3) is 10.0 Å². The van der Waals surface area contributed by atoms with Gasteiger partial charge in [-0.05, 0) is 43.4 Å². The molecular weight excluding hydrogens is 430 g/mol. The third kappa shape index (κ3) is 4.69. The van der Waals surface area contributed by atoms with Gasteiger partial charge in [0.15, 0.2) is 11.5 Å². The Kier molecular flexibility index (Phi) is 6.56. The van der Waals surface area contributed by atoms with Gasteiger partial charge in [0.2, 0.25) is 10.0 Å². The molecule has 0 amide bonds. The predicted molar refractivity (Wildman–Crippen MR) is 113 cm³/mol. The summed E-state index contributed by atoms with van der Waals surface area (Å²) in [5.41, 5.74) is 0.252.